The van der Waals surface area contributed by atoms with E-state index in [4.69, 9.17) is 14.2 Å². The average Bonchev–Trinajstić information content (AvgIpc) is 3.39. The van der Waals surface area contributed by atoms with Crippen LogP contribution in [0.25, 0.3) is 0 Å². The van der Waals surface area contributed by atoms with E-state index >= 15 is 0 Å². The zero-order valence-electron chi connectivity index (χ0n) is 49.7. The molecule has 0 N–H and O–H groups in total. The van der Waals surface area contributed by atoms with E-state index in [1.807, 2.05) is 0 Å². The third kappa shape index (κ3) is 60.9. The minimum atomic E-state index is -0.763. The lowest BCUT2D eigenvalue weighted by Crippen LogP contribution is -2.30. The first-order valence-corrected chi connectivity index (χ1v) is 33.2. The van der Waals surface area contributed by atoms with E-state index in [0.717, 1.165) is 57.8 Å². The van der Waals surface area contributed by atoms with E-state index in [-0.39, 0.29) is 31.1 Å². The van der Waals surface area contributed by atoms with Crippen molar-refractivity contribution in [1.29, 1.82) is 0 Å². The maximum atomic E-state index is 12.9. The summed E-state index contributed by atoms with van der Waals surface area (Å²) < 4.78 is 16.9. The van der Waals surface area contributed by atoms with Gasteiger partial charge in [-0.3, -0.25) is 14.4 Å². The number of carbonyl (C=O) groups excluding carboxylic acids is 3. The number of allylic oxidation sites excluding steroid dienone is 2. The van der Waals surface area contributed by atoms with Crippen LogP contribution in [0.3, 0.4) is 0 Å². The molecule has 0 saturated carbocycles. The normalized spacial score (nSPS) is 12.0. The molecule has 0 saturated heterocycles. The Bertz CT molecular complexity index is 1130. The van der Waals surface area contributed by atoms with Crippen LogP contribution in [0.2, 0.25) is 0 Å². The molecule has 0 amide bonds. The topological polar surface area (TPSA) is 78.9 Å². The van der Waals surface area contributed by atoms with Gasteiger partial charge in [0, 0.05) is 19.3 Å². The second-order valence-corrected chi connectivity index (χ2v) is 22.7. The van der Waals surface area contributed by atoms with Crippen molar-refractivity contribution in [3.63, 3.8) is 0 Å². The highest BCUT2D eigenvalue weighted by molar-refractivity contribution is 5.71. The molecule has 0 aromatic heterocycles. The van der Waals surface area contributed by atoms with Gasteiger partial charge >= 0.3 is 17.9 Å². The highest BCUT2D eigenvalue weighted by Gasteiger charge is 2.19. The van der Waals surface area contributed by atoms with Gasteiger partial charge in [-0.1, -0.05) is 328 Å². The van der Waals surface area contributed by atoms with Gasteiger partial charge in [0.1, 0.15) is 13.2 Å². The second-order valence-electron chi connectivity index (χ2n) is 22.7. The maximum Gasteiger partial charge on any atom is 0.306 e. The molecule has 0 spiro atoms. The van der Waals surface area contributed by atoms with Crippen LogP contribution in [0.1, 0.15) is 380 Å². The fourth-order valence-corrected chi connectivity index (χ4v) is 10.3. The van der Waals surface area contributed by atoms with Crippen LogP contribution < -0.4 is 0 Å². The van der Waals surface area contributed by atoms with Crippen molar-refractivity contribution in [2.45, 2.75) is 386 Å². The molecule has 1 unspecified atom stereocenters. The molecule has 432 valence electrons. The molecule has 0 fully saturated rings. The van der Waals surface area contributed by atoms with Crippen LogP contribution in [0.15, 0.2) is 12.2 Å². The van der Waals surface area contributed by atoms with Gasteiger partial charge in [0.05, 0.1) is 0 Å². The molecule has 0 aliphatic heterocycles. The lowest BCUT2D eigenvalue weighted by atomic mass is 10.0. The van der Waals surface area contributed by atoms with E-state index in [2.05, 4.69) is 32.9 Å². The first kappa shape index (κ1) is 71.2. The van der Waals surface area contributed by atoms with Gasteiger partial charge in [0.25, 0.3) is 0 Å². The molecule has 0 rings (SSSR count). The van der Waals surface area contributed by atoms with E-state index in [1.54, 1.807) is 0 Å². The number of ether oxygens (including phenoxy) is 3. The fraction of sp³-hybridized carbons (Fsp3) is 0.925. The first-order chi connectivity index (χ1) is 36.0. The van der Waals surface area contributed by atoms with Crippen LogP contribution in [0, 0.1) is 0 Å². The van der Waals surface area contributed by atoms with Crippen LogP contribution in [-0.4, -0.2) is 37.2 Å². The number of hydrogen-bond acceptors (Lipinski definition) is 6. The molecule has 0 aromatic carbocycles. The highest BCUT2D eigenvalue weighted by atomic mass is 16.6. The average molecular weight is 1030 g/mol. The number of carbonyl (C=O) groups is 3. The minimum Gasteiger partial charge on any atom is -0.462 e. The van der Waals surface area contributed by atoms with Crippen molar-refractivity contribution in [2.24, 2.45) is 0 Å². The molecule has 0 heterocycles. The van der Waals surface area contributed by atoms with E-state index < -0.39 is 6.10 Å². The van der Waals surface area contributed by atoms with E-state index in [0.29, 0.717) is 19.3 Å². The highest BCUT2D eigenvalue weighted by Crippen LogP contribution is 2.18. The Labute approximate surface area is 456 Å². The Morgan fingerprint density at radius 2 is 0.452 bits per heavy atom. The molecular weight excluding hydrogens is 901 g/mol. The van der Waals surface area contributed by atoms with Gasteiger partial charge < -0.3 is 14.2 Å². The fourth-order valence-electron chi connectivity index (χ4n) is 10.3. The third-order valence-corrected chi connectivity index (χ3v) is 15.3. The molecule has 1 atom stereocenters. The summed E-state index contributed by atoms with van der Waals surface area (Å²) in [5.41, 5.74) is 0. The summed E-state index contributed by atoms with van der Waals surface area (Å²) in [5, 5.41) is 0. The van der Waals surface area contributed by atoms with Gasteiger partial charge in [-0.15, -0.1) is 0 Å². The Kier molecular flexibility index (Phi) is 61.1. The molecule has 0 bridgehead atoms. The SMILES string of the molecule is CCCCCCCCCC/C=C\CCCCCCCCCCCCCCCCCC(=O)OCC(COC(=O)CCCCCCCCCCC)OC(=O)CCCCCCCCCCCCCCCCCCCCC. The van der Waals surface area contributed by atoms with Crippen LogP contribution in [-0.2, 0) is 28.6 Å². The Morgan fingerprint density at radius 1 is 0.260 bits per heavy atom. The molecule has 0 aliphatic carbocycles. The lowest BCUT2D eigenvalue weighted by Gasteiger charge is -2.18. The number of unbranched alkanes of at least 4 members (excludes halogenated alkanes) is 49. The first-order valence-electron chi connectivity index (χ1n) is 33.2. The molecule has 0 aliphatic rings. The molecule has 6 nitrogen and oxygen atoms in total. The molecule has 0 radical (unpaired) electrons. The molecular formula is C67H128O6. The largest absolute Gasteiger partial charge is 0.462 e. The van der Waals surface area contributed by atoms with E-state index in [1.165, 1.54) is 283 Å². The summed E-state index contributed by atoms with van der Waals surface area (Å²) in [6, 6.07) is 0. The summed E-state index contributed by atoms with van der Waals surface area (Å²) in [6.45, 7) is 6.70. The summed E-state index contributed by atoms with van der Waals surface area (Å²) in [7, 11) is 0. The zero-order valence-corrected chi connectivity index (χ0v) is 49.7. The number of hydrogen-bond donors (Lipinski definition) is 0. The maximum absolute atomic E-state index is 12.9. The van der Waals surface area contributed by atoms with Crippen molar-refractivity contribution in [3.8, 4) is 0 Å². The monoisotopic (exact) mass is 1030 g/mol. The number of rotatable bonds is 62. The number of esters is 3. The van der Waals surface area contributed by atoms with Crippen LogP contribution in [0.4, 0.5) is 0 Å². The van der Waals surface area contributed by atoms with Crippen molar-refractivity contribution in [3.05, 3.63) is 12.2 Å². The van der Waals surface area contributed by atoms with Gasteiger partial charge in [0.2, 0.25) is 0 Å². The van der Waals surface area contributed by atoms with Gasteiger partial charge in [-0.05, 0) is 44.9 Å². The Morgan fingerprint density at radius 3 is 0.685 bits per heavy atom. The van der Waals surface area contributed by atoms with Gasteiger partial charge in [-0.25, -0.2) is 0 Å². The summed E-state index contributed by atoms with van der Waals surface area (Å²) >= 11 is 0. The summed E-state index contributed by atoms with van der Waals surface area (Å²) in [6.07, 6.45) is 73.9. The Hall–Kier alpha value is -1.85. The van der Waals surface area contributed by atoms with Crippen molar-refractivity contribution < 1.29 is 28.6 Å². The standard InChI is InChI=1S/C67H128O6/c1-4-7-10-13-16-19-21-23-25-27-29-30-31-32-33-34-35-36-38-39-41-43-45-48-51-54-57-60-66(69)72-63-64(62-71-65(68)59-56-53-50-47-18-15-12-9-6-3)73-67(70)61-58-55-52-49-46-44-42-40-37-28-26-24-22-20-17-14-11-8-5-2/h27,29,64H,4-26,28,30-63H2,1-3H3/b29-27-. The zero-order chi connectivity index (χ0) is 52.9. The smallest absolute Gasteiger partial charge is 0.306 e. The molecule has 73 heavy (non-hydrogen) atoms. The minimum absolute atomic E-state index is 0.0631. The van der Waals surface area contributed by atoms with Crippen molar-refractivity contribution >= 4 is 17.9 Å². The molecule has 0 aromatic rings. The van der Waals surface area contributed by atoms with E-state index in [9.17, 15) is 14.4 Å². The van der Waals surface area contributed by atoms with Gasteiger partial charge in [-0.2, -0.15) is 0 Å². The lowest BCUT2D eigenvalue weighted by molar-refractivity contribution is -0.167. The van der Waals surface area contributed by atoms with Crippen LogP contribution in [0.5, 0.6) is 0 Å². The van der Waals surface area contributed by atoms with Crippen molar-refractivity contribution in [1.82, 2.24) is 0 Å². The summed E-state index contributed by atoms with van der Waals surface area (Å²) in [4.78, 5) is 38.2. The summed E-state index contributed by atoms with van der Waals surface area (Å²) in [5.74, 6) is -0.836. The predicted molar refractivity (Wildman–Crippen MR) is 317 cm³/mol. The van der Waals surface area contributed by atoms with Crippen LogP contribution >= 0.6 is 0 Å². The quantitative estimate of drug-likeness (QED) is 0.0261. The Balaban J connectivity index is 4.10. The molecule has 6 heteroatoms. The van der Waals surface area contributed by atoms with Crippen molar-refractivity contribution in [2.75, 3.05) is 13.2 Å². The predicted octanol–water partition coefficient (Wildman–Crippen LogP) is 22.4. The third-order valence-electron chi connectivity index (χ3n) is 15.3. The second kappa shape index (κ2) is 62.7. The van der Waals surface area contributed by atoms with Gasteiger partial charge in [0.15, 0.2) is 6.10 Å².